The highest BCUT2D eigenvalue weighted by molar-refractivity contribution is 5.93. The second-order valence-electron chi connectivity index (χ2n) is 5.92. The minimum Gasteiger partial charge on any atom is -0.467 e. The molecule has 0 bridgehead atoms. The van der Waals surface area contributed by atoms with Crippen molar-refractivity contribution in [2.75, 3.05) is 6.54 Å². The van der Waals surface area contributed by atoms with Crippen LogP contribution in [0, 0.1) is 0 Å². The molecule has 3 N–H and O–H groups in total. The monoisotopic (exact) mass is 327 g/mol. The van der Waals surface area contributed by atoms with Crippen LogP contribution in [0.25, 0.3) is 0 Å². The quantitative estimate of drug-likeness (QED) is 0.846. The molecule has 2 aromatic rings. The van der Waals surface area contributed by atoms with Gasteiger partial charge in [0.2, 0.25) is 5.91 Å². The molecule has 0 spiro atoms. The molecule has 126 valence electrons. The Labute approximate surface area is 140 Å². The number of rotatable bonds is 6. The molecule has 6 heteroatoms. The van der Waals surface area contributed by atoms with E-state index in [9.17, 15) is 9.59 Å². The lowest BCUT2D eigenvalue weighted by molar-refractivity contribution is -0.128. The number of furan rings is 1. The van der Waals surface area contributed by atoms with E-state index >= 15 is 0 Å². The first-order valence-corrected chi connectivity index (χ1v) is 8.07. The molecule has 2 heterocycles. The van der Waals surface area contributed by atoms with Crippen LogP contribution in [0.15, 0.2) is 41.0 Å². The Morgan fingerprint density at radius 3 is 2.62 bits per heavy atom. The molecule has 2 amide bonds. The molecule has 0 saturated carbocycles. The van der Waals surface area contributed by atoms with Gasteiger partial charge in [0.05, 0.1) is 12.1 Å². The molecule has 0 unspecified atom stereocenters. The van der Waals surface area contributed by atoms with Crippen molar-refractivity contribution in [2.24, 2.45) is 5.73 Å². The van der Waals surface area contributed by atoms with E-state index in [2.05, 4.69) is 5.32 Å². The van der Waals surface area contributed by atoms with E-state index in [0.29, 0.717) is 30.8 Å². The lowest BCUT2D eigenvalue weighted by Crippen LogP contribution is -2.24. The Bertz CT molecular complexity index is 721. The van der Waals surface area contributed by atoms with E-state index < -0.39 is 0 Å². The second-order valence-corrected chi connectivity index (χ2v) is 5.92. The van der Waals surface area contributed by atoms with E-state index in [1.165, 1.54) is 6.26 Å². The minimum atomic E-state index is -0.190. The number of hydrogen-bond donors (Lipinski definition) is 2. The molecule has 1 aromatic carbocycles. The third-order valence-corrected chi connectivity index (χ3v) is 4.14. The zero-order chi connectivity index (χ0) is 16.9. The van der Waals surface area contributed by atoms with Crippen molar-refractivity contribution in [1.82, 2.24) is 10.2 Å². The largest absolute Gasteiger partial charge is 0.467 e. The molecular formula is C18H21N3O3. The fourth-order valence-corrected chi connectivity index (χ4v) is 2.75. The van der Waals surface area contributed by atoms with Crippen molar-refractivity contribution < 1.29 is 14.0 Å². The smallest absolute Gasteiger partial charge is 0.254 e. The van der Waals surface area contributed by atoms with Gasteiger partial charge in [-0.25, -0.2) is 0 Å². The molecule has 6 nitrogen and oxygen atoms in total. The molecule has 1 aromatic heterocycles. The van der Waals surface area contributed by atoms with E-state index in [1.807, 2.05) is 29.2 Å². The summed E-state index contributed by atoms with van der Waals surface area (Å²) in [5.41, 5.74) is 8.03. The fraction of sp³-hybridized carbons (Fsp3) is 0.333. The number of carbonyl (C=O) groups excluding carboxylic acids is 2. The number of carbonyl (C=O) groups is 2. The van der Waals surface area contributed by atoms with Crippen LogP contribution < -0.4 is 11.1 Å². The van der Waals surface area contributed by atoms with Gasteiger partial charge in [-0.15, -0.1) is 0 Å². The third-order valence-electron chi connectivity index (χ3n) is 4.14. The summed E-state index contributed by atoms with van der Waals surface area (Å²) < 4.78 is 5.16. The van der Waals surface area contributed by atoms with Gasteiger partial charge in [0.1, 0.15) is 12.0 Å². The van der Waals surface area contributed by atoms with Crippen molar-refractivity contribution in [3.63, 3.8) is 0 Å². The summed E-state index contributed by atoms with van der Waals surface area (Å²) in [7, 11) is 0. The standard InChI is InChI=1S/C18H21N3O3/c19-9-16-8-15(12-24-16)18(23)20-10-13-3-5-14(6-4-13)11-21-7-1-2-17(21)22/h3-6,8,12H,1-2,7,9-11,19H2,(H,20,23). The number of nitrogens with two attached hydrogens (primary N) is 1. The summed E-state index contributed by atoms with van der Waals surface area (Å²) in [6.07, 6.45) is 3.01. The van der Waals surface area contributed by atoms with Gasteiger partial charge in [0, 0.05) is 26.1 Å². The maximum Gasteiger partial charge on any atom is 0.254 e. The lowest BCUT2D eigenvalue weighted by atomic mass is 10.1. The van der Waals surface area contributed by atoms with Crippen LogP contribution in [0.1, 0.15) is 40.1 Å². The molecule has 24 heavy (non-hydrogen) atoms. The average Bonchev–Trinajstić information content (AvgIpc) is 3.23. The average molecular weight is 327 g/mol. The van der Waals surface area contributed by atoms with Crippen LogP contribution >= 0.6 is 0 Å². The first kappa shape index (κ1) is 16.3. The molecule has 1 saturated heterocycles. The van der Waals surface area contributed by atoms with E-state index in [4.69, 9.17) is 10.2 Å². The second kappa shape index (κ2) is 7.31. The maximum absolute atomic E-state index is 12.0. The van der Waals surface area contributed by atoms with Crippen LogP contribution in [0.2, 0.25) is 0 Å². The number of nitrogens with one attached hydrogen (secondary N) is 1. The van der Waals surface area contributed by atoms with Gasteiger partial charge in [0.15, 0.2) is 0 Å². The molecular weight excluding hydrogens is 306 g/mol. The highest BCUT2D eigenvalue weighted by atomic mass is 16.3. The van der Waals surface area contributed by atoms with Crippen molar-refractivity contribution in [3.8, 4) is 0 Å². The molecule has 0 aliphatic carbocycles. The molecule has 3 rings (SSSR count). The Hall–Kier alpha value is -2.60. The Balaban J connectivity index is 1.52. The molecule has 0 atom stereocenters. The van der Waals surface area contributed by atoms with Crippen molar-refractivity contribution in [3.05, 3.63) is 59.0 Å². The van der Waals surface area contributed by atoms with Crippen molar-refractivity contribution in [1.29, 1.82) is 0 Å². The van der Waals surface area contributed by atoms with Gasteiger partial charge in [-0.05, 0) is 23.6 Å². The number of amides is 2. The zero-order valence-corrected chi connectivity index (χ0v) is 13.5. The Morgan fingerprint density at radius 2 is 2.00 bits per heavy atom. The van der Waals surface area contributed by atoms with E-state index in [1.54, 1.807) is 6.07 Å². The van der Waals surface area contributed by atoms with E-state index in [-0.39, 0.29) is 18.4 Å². The maximum atomic E-state index is 12.0. The summed E-state index contributed by atoms with van der Waals surface area (Å²) in [6, 6.07) is 9.58. The molecule has 1 aliphatic heterocycles. The van der Waals surface area contributed by atoms with Crippen LogP contribution in [-0.2, 0) is 24.4 Å². The molecule has 0 radical (unpaired) electrons. The van der Waals surface area contributed by atoms with Crippen LogP contribution in [0.5, 0.6) is 0 Å². The first-order valence-electron chi connectivity index (χ1n) is 8.07. The molecule has 1 fully saturated rings. The first-order chi connectivity index (χ1) is 11.7. The van der Waals surface area contributed by atoms with Crippen LogP contribution in [0.3, 0.4) is 0 Å². The van der Waals surface area contributed by atoms with Crippen molar-refractivity contribution >= 4 is 11.8 Å². The SMILES string of the molecule is NCc1cc(C(=O)NCc2ccc(CN3CCCC3=O)cc2)co1. The number of benzene rings is 1. The van der Waals surface area contributed by atoms with Crippen LogP contribution in [0.4, 0.5) is 0 Å². The summed E-state index contributed by atoms with van der Waals surface area (Å²) >= 11 is 0. The van der Waals surface area contributed by atoms with E-state index in [0.717, 1.165) is 24.1 Å². The summed E-state index contributed by atoms with van der Waals surface area (Å²) in [6.45, 7) is 2.20. The zero-order valence-electron chi connectivity index (χ0n) is 13.5. The van der Waals surface area contributed by atoms with Crippen LogP contribution in [-0.4, -0.2) is 23.3 Å². The molecule has 1 aliphatic rings. The lowest BCUT2D eigenvalue weighted by Gasteiger charge is -2.15. The van der Waals surface area contributed by atoms with Gasteiger partial charge in [-0.2, -0.15) is 0 Å². The van der Waals surface area contributed by atoms with Gasteiger partial charge >= 0.3 is 0 Å². The van der Waals surface area contributed by atoms with Gasteiger partial charge in [-0.1, -0.05) is 24.3 Å². The predicted octanol–water partition coefficient (Wildman–Crippen LogP) is 1.79. The summed E-state index contributed by atoms with van der Waals surface area (Å²) in [5.74, 6) is 0.620. The Morgan fingerprint density at radius 1 is 1.25 bits per heavy atom. The highest BCUT2D eigenvalue weighted by Gasteiger charge is 2.19. The van der Waals surface area contributed by atoms with Crippen molar-refractivity contribution in [2.45, 2.75) is 32.5 Å². The van der Waals surface area contributed by atoms with Gasteiger partial charge in [-0.3, -0.25) is 9.59 Å². The normalized spacial score (nSPS) is 14.2. The number of nitrogens with zero attached hydrogens (tertiary/aromatic N) is 1. The number of hydrogen-bond acceptors (Lipinski definition) is 4. The summed E-state index contributed by atoms with van der Waals surface area (Å²) in [4.78, 5) is 25.5. The minimum absolute atomic E-state index is 0.190. The summed E-state index contributed by atoms with van der Waals surface area (Å²) in [5, 5.41) is 2.85. The number of likely N-dealkylation sites (tertiary alicyclic amines) is 1. The fourth-order valence-electron chi connectivity index (χ4n) is 2.75. The highest BCUT2D eigenvalue weighted by Crippen LogP contribution is 2.15. The van der Waals surface area contributed by atoms with Gasteiger partial charge < -0.3 is 20.4 Å². The Kier molecular flexibility index (Phi) is 4.96. The predicted molar refractivity (Wildman–Crippen MR) is 88.9 cm³/mol. The third kappa shape index (κ3) is 3.83. The van der Waals surface area contributed by atoms with Gasteiger partial charge in [0.25, 0.3) is 5.91 Å². The topological polar surface area (TPSA) is 88.6 Å².